The summed E-state index contributed by atoms with van der Waals surface area (Å²) in [6, 6.07) is 13.7. The number of nitrogens with one attached hydrogen (secondary N) is 1. The number of hydrogen-bond acceptors (Lipinski definition) is 5. The average molecular weight is 467 g/mol. The van der Waals surface area contributed by atoms with Crippen molar-refractivity contribution in [1.29, 1.82) is 0 Å². The summed E-state index contributed by atoms with van der Waals surface area (Å²) in [4.78, 5) is 17.9. The van der Waals surface area contributed by atoms with Gasteiger partial charge in [-0.05, 0) is 49.7 Å². The summed E-state index contributed by atoms with van der Waals surface area (Å²) in [7, 11) is 1.63. The van der Waals surface area contributed by atoms with E-state index >= 15 is 0 Å². The standard InChI is InChI=1S/C25H24ClFN4O2/c1-14(2)31-23-11-24(29-12-15-4-6-17(33-3)7-5-15)30-13-16(23)8-19(25(31)32)18-9-22(28)21(27)10-20(18)26/h4-11,13-14H,12,28H2,1-3H3,(H,29,30). The second kappa shape index (κ2) is 9.11. The Hall–Kier alpha value is -3.58. The quantitative estimate of drug-likeness (QED) is 0.359. The van der Waals surface area contributed by atoms with Gasteiger partial charge in [-0.3, -0.25) is 4.79 Å². The van der Waals surface area contributed by atoms with Crippen LogP contribution in [0.4, 0.5) is 15.9 Å². The molecule has 2 aromatic carbocycles. The molecule has 0 aliphatic rings. The topological polar surface area (TPSA) is 82.2 Å². The molecule has 4 aromatic rings. The van der Waals surface area contributed by atoms with Crippen molar-refractivity contribution < 1.29 is 9.13 Å². The molecule has 4 rings (SSSR count). The molecule has 0 unspecified atom stereocenters. The van der Waals surface area contributed by atoms with Crippen LogP contribution < -0.4 is 21.3 Å². The van der Waals surface area contributed by atoms with Crippen LogP contribution in [-0.2, 0) is 6.54 Å². The van der Waals surface area contributed by atoms with Gasteiger partial charge >= 0.3 is 0 Å². The molecule has 0 aliphatic carbocycles. The molecule has 8 heteroatoms. The number of nitrogens with zero attached hydrogens (tertiary/aromatic N) is 2. The smallest absolute Gasteiger partial charge is 0.259 e. The molecular formula is C25H24ClFN4O2. The van der Waals surface area contributed by atoms with Crippen LogP contribution in [-0.4, -0.2) is 16.7 Å². The summed E-state index contributed by atoms with van der Waals surface area (Å²) in [6.07, 6.45) is 1.70. The third-order valence-electron chi connectivity index (χ3n) is 5.45. The van der Waals surface area contributed by atoms with Crippen LogP contribution in [0.25, 0.3) is 22.0 Å². The zero-order valence-corrected chi connectivity index (χ0v) is 19.3. The van der Waals surface area contributed by atoms with Crippen LogP contribution >= 0.6 is 11.6 Å². The Morgan fingerprint density at radius 3 is 2.55 bits per heavy atom. The van der Waals surface area contributed by atoms with Crippen LogP contribution in [0.3, 0.4) is 0 Å². The fourth-order valence-electron chi connectivity index (χ4n) is 3.74. The van der Waals surface area contributed by atoms with Gasteiger partial charge in [0, 0.05) is 41.4 Å². The van der Waals surface area contributed by atoms with E-state index in [9.17, 15) is 9.18 Å². The van der Waals surface area contributed by atoms with Gasteiger partial charge < -0.3 is 20.4 Å². The fraction of sp³-hybridized carbons (Fsp3) is 0.200. The van der Waals surface area contributed by atoms with Crippen molar-refractivity contribution in [2.45, 2.75) is 26.4 Å². The number of halogens is 2. The van der Waals surface area contributed by atoms with E-state index in [0.29, 0.717) is 23.5 Å². The van der Waals surface area contributed by atoms with E-state index in [2.05, 4.69) is 10.3 Å². The zero-order valence-electron chi connectivity index (χ0n) is 18.5. The molecule has 3 N–H and O–H groups in total. The SMILES string of the molecule is COc1ccc(CNc2cc3c(cn2)cc(-c2cc(N)c(F)cc2Cl)c(=O)n3C(C)C)cc1. The monoisotopic (exact) mass is 466 g/mol. The Kier molecular flexibility index (Phi) is 6.24. The van der Waals surface area contributed by atoms with E-state index in [1.807, 2.05) is 44.2 Å². The second-order valence-electron chi connectivity index (χ2n) is 8.01. The molecule has 6 nitrogen and oxygen atoms in total. The maximum Gasteiger partial charge on any atom is 0.259 e. The van der Waals surface area contributed by atoms with Gasteiger partial charge in [0.15, 0.2) is 0 Å². The van der Waals surface area contributed by atoms with E-state index in [1.165, 1.54) is 6.07 Å². The van der Waals surface area contributed by atoms with Crippen LogP contribution in [0.2, 0.25) is 5.02 Å². The Morgan fingerprint density at radius 1 is 1.15 bits per heavy atom. The third kappa shape index (κ3) is 4.50. The first-order chi connectivity index (χ1) is 15.8. The molecule has 0 spiro atoms. The van der Waals surface area contributed by atoms with Gasteiger partial charge in [-0.15, -0.1) is 0 Å². The van der Waals surface area contributed by atoms with Crippen molar-refractivity contribution in [2.75, 3.05) is 18.2 Å². The Balaban J connectivity index is 1.76. The molecule has 0 amide bonds. The van der Waals surface area contributed by atoms with Gasteiger partial charge in [-0.2, -0.15) is 0 Å². The lowest BCUT2D eigenvalue weighted by atomic mass is 10.0. The predicted octanol–water partition coefficient (Wildman–Crippen LogP) is 5.64. The molecule has 0 aliphatic heterocycles. The molecule has 2 aromatic heterocycles. The van der Waals surface area contributed by atoms with E-state index in [-0.39, 0.29) is 22.3 Å². The van der Waals surface area contributed by atoms with E-state index in [4.69, 9.17) is 22.1 Å². The summed E-state index contributed by atoms with van der Waals surface area (Å²) < 4.78 is 20.7. The summed E-state index contributed by atoms with van der Waals surface area (Å²) in [5.74, 6) is 0.814. The highest BCUT2D eigenvalue weighted by Gasteiger charge is 2.17. The maximum atomic E-state index is 13.8. The number of ether oxygens (including phenoxy) is 1. The molecule has 2 heterocycles. The first-order valence-electron chi connectivity index (χ1n) is 10.5. The number of nitrogen functional groups attached to an aromatic ring is 1. The summed E-state index contributed by atoms with van der Waals surface area (Å²) >= 11 is 6.26. The minimum absolute atomic E-state index is 0.0683. The van der Waals surface area contributed by atoms with Crippen molar-refractivity contribution in [2.24, 2.45) is 0 Å². The highest BCUT2D eigenvalue weighted by molar-refractivity contribution is 6.33. The normalized spacial score (nSPS) is 11.2. The molecule has 0 fully saturated rings. The number of nitrogens with two attached hydrogens (primary N) is 1. The van der Waals surface area contributed by atoms with E-state index in [1.54, 1.807) is 23.9 Å². The van der Waals surface area contributed by atoms with E-state index in [0.717, 1.165) is 28.3 Å². The van der Waals surface area contributed by atoms with E-state index < -0.39 is 5.82 Å². The van der Waals surface area contributed by atoms with Crippen molar-refractivity contribution in [1.82, 2.24) is 9.55 Å². The van der Waals surface area contributed by atoms with Crippen LogP contribution in [0.5, 0.6) is 5.75 Å². The molecule has 0 saturated carbocycles. The molecule has 0 bridgehead atoms. The zero-order chi connectivity index (χ0) is 23.7. The van der Waals surface area contributed by atoms with Gasteiger partial charge in [0.2, 0.25) is 0 Å². The fourth-order valence-corrected chi connectivity index (χ4v) is 3.99. The molecule has 0 radical (unpaired) electrons. The highest BCUT2D eigenvalue weighted by Crippen LogP contribution is 2.32. The molecule has 0 atom stereocenters. The average Bonchev–Trinajstić information content (AvgIpc) is 2.79. The summed E-state index contributed by atoms with van der Waals surface area (Å²) in [5.41, 5.74) is 7.96. The van der Waals surface area contributed by atoms with Gasteiger partial charge in [0.25, 0.3) is 5.56 Å². The van der Waals surface area contributed by atoms with Crippen molar-refractivity contribution in [3.05, 3.63) is 81.5 Å². The predicted molar refractivity (Wildman–Crippen MR) is 132 cm³/mol. The van der Waals surface area contributed by atoms with Crippen LogP contribution in [0.1, 0.15) is 25.5 Å². The molecule has 0 saturated heterocycles. The number of methoxy groups -OCH3 is 1. The van der Waals surface area contributed by atoms with Gasteiger partial charge in [-0.1, -0.05) is 23.7 Å². The third-order valence-corrected chi connectivity index (χ3v) is 5.76. The minimum atomic E-state index is -0.622. The number of rotatable bonds is 6. The first kappa shape index (κ1) is 22.6. The van der Waals surface area contributed by atoms with Crippen molar-refractivity contribution >= 4 is 34.0 Å². The highest BCUT2D eigenvalue weighted by atomic mass is 35.5. The lowest BCUT2D eigenvalue weighted by molar-refractivity contribution is 0.414. The number of fused-ring (bicyclic) bond motifs is 1. The first-order valence-corrected chi connectivity index (χ1v) is 10.8. The number of anilines is 2. The number of benzene rings is 2. The molecule has 33 heavy (non-hydrogen) atoms. The Bertz CT molecular complexity index is 1380. The van der Waals surface area contributed by atoms with Crippen LogP contribution in [0.15, 0.2) is 59.5 Å². The Labute approximate surface area is 195 Å². The minimum Gasteiger partial charge on any atom is -0.497 e. The lowest BCUT2D eigenvalue weighted by Gasteiger charge is -2.18. The molecule has 170 valence electrons. The van der Waals surface area contributed by atoms with Gasteiger partial charge in [-0.25, -0.2) is 9.37 Å². The van der Waals surface area contributed by atoms with Crippen LogP contribution in [0, 0.1) is 5.82 Å². The maximum absolute atomic E-state index is 13.8. The number of aromatic nitrogens is 2. The summed E-state index contributed by atoms with van der Waals surface area (Å²) in [6.45, 7) is 4.42. The molecular weight excluding hydrogens is 443 g/mol. The lowest BCUT2D eigenvalue weighted by Crippen LogP contribution is -2.24. The van der Waals surface area contributed by atoms with Crippen molar-refractivity contribution in [3.63, 3.8) is 0 Å². The largest absolute Gasteiger partial charge is 0.497 e. The number of pyridine rings is 2. The summed E-state index contributed by atoms with van der Waals surface area (Å²) in [5, 5.41) is 4.18. The van der Waals surface area contributed by atoms with Gasteiger partial charge in [0.1, 0.15) is 17.4 Å². The Morgan fingerprint density at radius 2 is 1.88 bits per heavy atom. The van der Waals surface area contributed by atoms with Gasteiger partial charge in [0.05, 0.1) is 23.3 Å². The van der Waals surface area contributed by atoms with Crippen molar-refractivity contribution in [3.8, 4) is 16.9 Å². The second-order valence-corrected chi connectivity index (χ2v) is 8.42. The number of hydrogen-bond donors (Lipinski definition) is 2.